The van der Waals surface area contributed by atoms with Crippen LogP contribution in [0.4, 0.5) is 15.6 Å². The fourth-order valence-electron chi connectivity index (χ4n) is 2.68. The van der Waals surface area contributed by atoms with Crippen LogP contribution in [0, 0.1) is 6.92 Å². The van der Waals surface area contributed by atoms with Crippen molar-refractivity contribution in [1.29, 1.82) is 0 Å². The first-order valence-electron chi connectivity index (χ1n) is 7.71. The molecule has 0 spiro atoms. The summed E-state index contributed by atoms with van der Waals surface area (Å²) < 4.78 is 0.562. The number of urea groups is 1. The van der Waals surface area contributed by atoms with Gasteiger partial charge in [-0.3, -0.25) is 5.32 Å². The highest BCUT2D eigenvalue weighted by molar-refractivity contribution is 7.19. The fraction of sp³-hybridized carbons (Fsp3) is 0.375. The molecule has 8 heteroatoms. The minimum Gasteiger partial charge on any atom is -0.382 e. The lowest BCUT2D eigenvalue weighted by molar-refractivity contribution is 0.197. The van der Waals surface area contributed by atoms with Crippen molar-refractivity contribution in [2.75, 3.05) is 23.7 Å². The SMILES string of the molecule is Cc1cc(NC2CCN(C(=O)Nc3ncc(Cl)s3)CC2)ccc1Cl. The Bertz CT molecular complexity index is 729. The van der Waals surface area contributed by atoms with E-state index in [1.807, 2.05) is 25.1 Å². The summed E-state index contributed by atoms with van der Waals surface area (Å²) in [4.78, 5) is 18.1. The van der Waals surface area contributed by atoms with Gasteiger partial charge in [-0.15, -0.1) is 0 Å². The van der Waals surface area contributed by atoms with Gasteiger partial charge in [-0.1, -0.05) is 34.5 Å². The summed E-state index contributed by atoms with van der Waals surface area (Å²) >= 11 is 13.1. The van der Waals surface area contributed by atoms with Crippen LogP contribution in [0.5, 0.6) is 0 Å². The number of rotatable bonds is 3. The molecule has 1 saturated heterocycles. The Morgan fingerprint density at radius 3 is 2.71 bits per heavy atom. The third-order valence-electron chi connectivity index (χ3n) is 4.00. The summed E-state index contributed by atoms with van der Waals surface area (Å²) in [6.07, 6.45) is 3.33. The number of likely N-dealkylation sites (tertiary alicyclic amines) is 1. The van der Waals surface area contributed by atoms with E-state index in [2.05, 4.69) is 15.6 Å². The number of hydrogen-bond acceptors (Lipinski definition) is 4. The summed E-state index contributed by atoms with van der Waals surface area (Å²) in [6, 6.07) is 6.17. The highest BCUT2D eigenvalue weighted by Crippen LogP contribution is 2.24. The number of aromatic nitrogens is 1. The molecule has 1 aliphatic heterocycles. The van der Waals surface area contributed by atoms with E-state index in [4.69, 9.17) is 23.2 Å². The molecule has 0 aliphatic carbocycles. The lowest BCUT2D eigenvalue weighted by Crippen LogP contribution is -2.44. The average Bonchev–Trinajstić information content (AvgIpc) is 2.96. The van der Waals surface area contributed by atoms with E-state index in [1.165, 1.54) is 17.5 Å². The second-order valence-corrected chi connectivity index (χ2v) is 7.84. The van der Waals surface area contributed by atoms with Gasteiger partial charge in [0.15, 0.2) is 5.13 Å². The molecule has 0 unspecified atom stereocenters. The fourth-order valence-corrected chi connectivity index (χ4v) is 3.60. The minimum absolute atomic E-state index is 0.123. The Labute approximate surface area is 155 Å². The molecule has 24 heavy (non-hydrogen) atoms. The predicted octanol–water partition coefficient (Wildman–Crippen LogP) is 4.87. The number of nitrogens with one attached hydrogen (secondary N) is 2. The number of carbonyl (C=O) groups excluding carboxylic acids is 1. The monoisotopic (exact) mass is 384 g/mol. The van der Waals surface area contributed by atoms with E-state index >= 15 is 0 Å². The van der Waals surface area contributed by atoms with Crippen LogP contribution in [0.3, 0.4) is 0 Å². The second kappa shape index (κ2) is 7.59. The summed E-state index contributed by atoms with van der Waals surface area (Å²) in [6.45, 7) is 3.40. The first kappa shape index (κ1) is 17.3. The Morgan fingerprint density at radius 2 is 2.08 bits per heavy atom. The van der Waals surface area contributed by atoms with Crippen LogP contribution in [0.1, 0.15) is 18.4 Å². The summed E-state index contributed by atoms with van der Waals surface area (Å²) in [5.74, 6) is 0. The van der Waals surface area contributed by atoms with E-state index < -0.39 is 0 Å². The van der Waals surface area contributed by atoms with E-state index in [0.29, 0.717) is 28.6 Å². The molecule has 2 N–H and O–H groups in total. The van der Waals surface area contributed by atoms with Crippen LogP contribution in [0.15, 0.2) is 24.4 Å². The molecule has 5 nitrogen and oxygen atoms in total. The maximum absolute atomic E-state index is 12.2. The molecule has 1 aromatic heterocycles. The molecule has 2 heterocycles. The summed E-state index contributed by atoms with van der Waals surface area (Å²) in [5.41, 5.74) is 2.12. The molecule has 2 aromatic rings. The number of piperidine rings is 1. The lowest BCUT2D eigenvalue weighted by atomic mass is 10.0. The van der Waals surface area contributed by atoms with E-state index in [-0.39, 0.29) is 6.03 Å². The van der Waals surface area contributed by atoms with Crippen LogP contribution in [0.25, 0.3) is 0 Å². The first-order valence-corrected chi connectivity index (χ1v) is 9.28. The first-order chi connectivity index (χ1) is 11.5. The van der Waals surface area contributed by atoms with Gasteiger partial charge in [0.2, 0.25) is 0 Å². The maximum atomic E-state index is 12.2. The van der Waals surface area contributed by atoms with Gasteiger partial charge in [-0.25, -0.2) is 9.78 Å². The Morgan fingerprint density at radius 1 is 1.33 bits per heavy atom. The van der Waals surface area contributed by atoms with Gasteiger partial charge in [0.1, 0.15) is 4.34 Å². The smallest absolute Gasteiger partial charge is 0.323 e. The number of anilines is 2. The van der Waals surface area contributed by atoms with Gasteiger partial charge in [-0.05, 0) is 43.5 Å². The Balaban J connectivity index is 1.50. The molecule has 0 atom stereocenters. The van der Waals surface area contributed by atoms with Crippen molar-refractivity contribution < 1.29 is 4.79 Å². The molecule has 1 aromatic carbocycles. The summed E-state index contributed by atoms with van der Waals surface area (Å²) in [5, 5.41) is 7.60. The standard InChI is InChI=1S/C16H18Cl2N4OS/c1-10-8-12(2-3-13(10)17)20-11-4-6-22(7-5-11)16(23)21-15-19-9-14(18)24-15/h2-3,8-9,11,20H,4-7H2,1H3,(H,19,21,23). The average molecular weight is 385 g/mol. The normalized spacial score (nSPS) is 15.4. The number of amides is 2. The van der Waals surface area contributed by atoms with E-state index in [1.54, 1.807) is 4.90 Å². The van der Waals surface area contributed by atoms with Crippen molar-refractivity contribution in [3.8, 4) is 0 Å². The number of carbonyl (C=O) groups is 1. The summed E-state index contributed by atoms with van der Waals surface area (Å²) in [7, 11) is 0. The maximum Gasteiger partial charge on any atom is 0.323 e. The van der Waals surface area contributed by atoms with Crippen LogP contribution in [-0.4, -0.2) is 35.0 Å². The van der Waals surface area contributed by atoms with Crippen molar-refractivity contribution in [3.63, 3.8) is 0 Å². The van der Waals surface area contributed by atoms with Gasteiger partial charge < -0.3 is 10.2 Å². The van der Waals surface area contributed by atoms with Crippen LogP contribution < -0.4 is 10.6 Å². The van der Waals surface area contributed by atoms with Crippen molar-refractivity contribution in [2.45, 2.75) is 25.8 Å². The molecule has 1 fully saturated rings. The van der Waals surface area contributed by atoms with Crippen LogP contribution in [-0.2, 0) is 0 Å². The van der Waals surface area contributed by atoms with E-state index in [9.17, 15) is 4.79 Å². The minimum atomic E-state index is -0.123. The second-order valence-electron chi connectivity index (χ2n) is 5.77. The van der Waals surface area contributed by atoms with Crippen molar-refractivity contribution in [1.82, 2.24) is 9.88 Å². The number of thiazole rings is 1. The third kappa shape index (κ3) is 4.32. The number of aryl methyl sites for hydroxylation is 1. The molecule has 0 bridgehead atoms. The molecule has 0 radical (unpaired) electrons. The van der Waals surface area contributed by atoms with Crippen molar-refractivity contribution in [2.24, 2.45) is 0 Å². The number of halogens is 2. The zero-order valence-electron chi connectivity index (χ0n) is 13.2. The Kier molecular flexibility index (Phi) is 5.48. The Hall–Kier alpha value is -1.50. The molecule has 2 amide bonds. The molecule has 3 rings (SSSR count). The molecule has 1 aliphatic rings. The molecule has 128 valence electrons. The highest BCUT2D eigenvalue weighted by atomic mass is 35.5. The number of benzene rings is 1. The molecule has 0 saturated carbocycles. The number of hydrogen-bond donors (Lipinski definition) is 2. The van der Waals surface area contributed by atoms with Gasteiger partial charge >= 0.3 is 6.03 Å². The quantitative estimate of drug-likeness (QED) is 0.793. The third-order valence-corrected chi connectivity index (χ3v) is 5.46. The highest BCUT2D eigenvalue weighted by Gasteiger charge is 2.23. The zero-order valence-corrected chi connectivity index (χ0v) is 15.5. The van der Waals surface area contributed by atoms with Gasteiger partial charge in [0.05, 0.1) is 6.20 Å². The predicted molar refractivity (Wildman–Crippen MR) is 101 cm³/mol. The number of nitrogens with zero attached hydrogens (tertiary/aromatic N) is 2. The lowest BCUT2D eigenvalue weighted by Gasteiger charge is -2.32. The van der Waals surface area contributed by atoms with Crippen molar-refractivity contribution in [3.05, 3.63) is 39.3 Å². The topological polar surface area (TPSA) is 57.3 Å². The molecular formula is C16H18Cl2N4OS. The van der Waals surface area contributed by atoms with Gasteiger partial charge in [0.25, 0.3) is 0 Å². The van der Waals surface area contributed by atoms with Gasteiger partial charge in [0, 0.05) is 29.8 Å². The largest absolute Gasteiger partial charge is 0.382 e. The van der Waals surface area contributed by atoms with E-state index in [0.717, 1.165) is 29.1 Å². The van der Waals surface area contributed by atoms with Crippen LogP contribution in [0.2, 0.25) is 9.36 Å². The van der Waals surface area contributed by atoms with Crippen LogP contribution >= 0.6 is 34.5 Å². The zero-order chi connectivity index (χ0) is 17.1. The molecular weight excluding hydrogens is 367 g/mol. The van der Waals surface area contributed by atoms with Gasteiger partial charge in [-0.2, -0.15) is 0 Å². The van der Waals surface area contributed by atoms with Crippen molar-refractivity contribution >= 4 is 51.4 Å².